The van der Waals surface area contributed by atoms with Gasteiger partial charge in [0.05, 0.1) is 17.6 Å². The molecule has 2 aromatic heterocycles. The van der Waals surface area contributed by atoms with Crippen molar-refractivity contribution in [2.24, 2.45) is 5.73 Å². The molecule has 0 aliphatic carbocycles. The highest BCUT2D eigenvalue weighted by atomic mass is 19.4. The highest BCUT2D eigenvalue weighted by Gasteiger charge is 2.34. The number of likely N-dealkylation sites (tertiary alicyclic amines) is 1. The Kier molecular flexibility index (Phi) is 6.30. The van der Waals surface area contributed by atoms with Crippen LogP contribution in [0, 0.1) is 12.3 Å². The Morgan fingerprint density at radius 2 is 2.00 bits per heavy atom. The van der Waals surface area contributed by atoms with Crippen molar-refractivity contribution < 1.29 is 23.1 Å². The van der Waals surface area contributed by atoms with E-state index in [1.165, 1.54) is 11.0 Å². The first kappa shape index (κ1) is 22.7. The lowest BCUT2D eigenvalue weighted by Crippen LogP contribution is -2.46. The third-order valence-corrected chi connectivity index (χ3v) is 5.82. The van der Waals surface area contributed by atoms with Crippen molar-refractivity contribution in [2.75, 3.05) is 31.6 Å². The van der Waals surface area contributed by atoms with Crippen LogP contribution >= 0.6 is 0 Å². The number of carboxylic acids is 1. The number of alkyl halides is 3. The van der Waals surface area contributed by atoms with E-state index < -0.39 is 18.7 Å². The molecule has 0 atom stereocenters. The zero-order valence-electron chi connectivity index (χ0n) is 17.4. The van der Waals surface area contributed by atoms with Crippen LogP contribution in [0.1, 0.15) is 34.3 Å². The molecule has 0 amide bonds. The van der Waals surface area contributed by atoms with E-state index >= 15 is 0 Å². The number of nitrogens with two attached hydrogens (primary N) is 1. The Bertz CT molecular complexity index is 1020. The van der Waals surface area contributed by atoms with E-state index in [1.54, 1.807) is 25.3 Å². The molecule has 1 aliphatic heterocycles. The molecule has 0 unspecified atom stereocenters. The van der Waals surface area contributed by atoms with Gasteiger partial charge in [0.25, 0.3) is 0 Å². The number of hydrogen-bond donors (Lipinski definition) is 3. The molecule has 4 N–H and O–H groups in total. The van der Waals surface area contributed by atoms with Crippen LogP contribution in [0.4, 0.5) is 19.0 Å². The summed E-state index contributed by atoms with van der Waals surface area (Å²) in [5.74, 6) is -0.408. The number of halogens is 3. The summed E-state index contributed by atoms with van der Waals surface area (Å²) in [5.41, 5.74) is 8.29. The maximum absolute atomic E-state index is 12.7. The SMILES string of the molecule is Cc1c(C(=O)O)cc2c(/C(N)=C/C=N)ccn2c1N(C)C1CCN(CC(F)(F)F)CC1. The van der Waals surface area contributed by atoms with Gasteiger partial charge in [-0.15, -0.1) is 0 Å². The zero-order chi connectivity index (χ0) is 22.9. The van der Waals surface area contributed by atoms with Gasteiger partial charge in [0.2, 0.25) is 0 Å². The summed E-state index contributed by atoms with van der Waals surface area (Å²) in [5, 5.41) is 17.0. The van der Waals surface area contributed by atoms with Crippen LogP contribution < -0.4 is 10.6 Å². The fraction of sp³-hybridized carbons (Fsp3) is 0.429. The third-order valence-electron chi connectivity index (χ3n) is 5.82. The van der Waals surface area contributed by atoms with Crippen LogP contribution in [-0.2, 0) is 0 Å². The van der Waals surface area contributed by atoms with E-state index in [1.807, 2.05) is 16.3 Å². The number of anilines is 1. The van der Waals surface area contributed by atoms with Gasteiger partial charge in [-0.3, -0.25) is 4.90 Å². The summed E-state index contributed by atoms with van der Waals surface area (Å²) in [6, 6.07) is 3.29. The minimum Gasteiger partial charge on any atom is -0.478 e. The summed E-state index contributed by atoms with van der Waals surface area (Å²) in [7, 11) is 1.84. The number of carbonyl (C=O) groups is 1. The topological polar surface area (TPSA) is 98.1 Å². The maximum Gasteiger partial charge on any atom is 0.401 e. The van der Waals surface area contributed by atoms with E-state index in [9.17, 15) is 23.1 Å². The second kappa shape index (κ2) is 8.62. The summed E-state index contributed by atoms with van der Waals surface area (Å²) in [6.07, 6.45) is 1.13. The monoisotopic (exact) mass is 437 g/mol. The Labute approximate surface area is 178 Å². The van der Waals surface area contributed by atoms with E-state index in [0.717, 1.165) is 6.21 Å². The molecule has 3 rings (SSSR count). The van der Waals surface area contributed by atoms with Crippen LogP contribution in [0.2, 0.25) is 0 Å². The van der Waals surface area contributed by atoms with Gasteiger partial charge in [-0.2, -0.15) is 13.2 Å². The molecule has 7 nitrogen and oxygen atoms in total. The van der Waals surface area contributed by atoms with E-state index in [-0.39, 0.29) is 11.6 Å². The number of pyridine rings is 1. The molecule has 0 saturated carbocycles. The number of fused-ring (bicyclic) bond motifs is 1. The molecule has 0 radical (unpaired) electrons. The van der Waals surface area contributed by atoms with Gasteiger partial charge in [-0.05, 0) is 38.0 Å². The Balaban J connectivity index is 1.99. The number of aromatic nitrogens is 1. The van der Waals surface area contributed by atoms with Gasteiger partial charge >= 0.3 is 12.1 Å². The van der Waals surface area contributed by atoms with Crippen molar-refractivity contribution in [3.05, 3.63) is 41.1 Å². The number of piperidine rings is 1. The quantitative estimate of drug-likeness (QED) is 0.602. The Morgan fingerprint density at radius 3 is 2.55 bits per heavy atom. The molecule has 0 spiro atoms. The number of rotatable bonds is 6. The van der Waals surface area contributed by atoms with E-state index in [0.29, 0.717) is 54.1 Å². The maximum atomic E-state index is 12.7. The fourth-order valence-corrected chi connectivity index (χ4v) is 4.29. The summed E-state index contributed by atoms with van der Waals surface area (Å²) in [4.78, 5) is 15.3. The molecule has 2 aromatic rings. The van der Waals surface area contributed by atoms with Gasteiger partial charge in [0.1, 0.15) is 5.82 Å². The molecule has 10 heteroatoms. The normalized spacial score (nSPS) is 16.6. The van der Waals surface area contributed by atoms with Gasteiger partial charge in [0.15, 0.2) is 0 Å². The first-order chi connectivity index (χ1) is 14.5. The van der Waals surface area contributed by atoms with Crippen molar-refractivity contribution in [1.82, 2.24) is 9.30 Å². The first-order valence-corrected chi connectivity index (χ1v) is 9.90. The highest BCUT2D eigenvalue weighted by Crippen LogP contribution is 2.32. The van der Waals surface area contributed by atoms with Gasteiger partial charge in [-0.25, -0.2) is 4.79 Å². The lowest BCUT2D eigenvalue weighted by atomic mass is 10.0. The molecule has 0 aromatic carbocycles. The molecule has 0 bridgehead atoms. The van der Waals surface area contributed by atoms with Crippen molar-refractivity contribution >= 4 is 29.2 Å². The van der Waals surface area contributed by atoms with Gasteiger partial charge in [0, 0.05) is 55.4 Å². The van der Waals surface area contributed by atoms with Crippen LogP contribution in [0.5, 0.6) is 0 Å². The third kappa shape index (κ3) is 4.68. The number of carboxylic acid groups (broad SMARTS) is 1. The molecule has 1 aliphatic rings. The van der Waals surface area contributed by atoms with Crippen molar-refractivity contribution in [3.63, 3.8) is 0 Å². The number of hydrogen-bond acceptors (Lipinski definition) is 5. The summed E-state index contributed by atoms with van der Waals surface area (Å²) >= 11 is 0. The standard InChI is InChI=1S/C21H26F3N5O2/c1-13-16(20(30)31)11-18-15(17(26)3-7-25)6-10-29(18)19(13)27(2)14-4-8-28(9-5-14)12-21(22,23)24/h3,6-7,10-11,14,25H,4-5,8-9,12,26H2,1-2H3,(H,30,31)/b17-3-,25-7?. The Hall–Kier alpha value is -3.01. The summed E-state index contributed by atoms with van der Waals surface area (Å²) in [6.45, 7) is 1.45. The first-order valence-electron chi connectivity index (χ1n) is 9.90. The average molecular weight is 437 g/mol. The second-order valence-electron chi connectivity index (χ2n) is 7.82. The Morgan fingerprint density at radius 1 is 1.35 bits per heavy atom. The van der Waals surface area contributed by atoms with Crippen LogP contribution in [0.3, 0.4) is 0 Å². The predicted octanol–water partition coefficient (Wildman–Crippen LogP) is 3.36. The largest absolute Gasteiger partial charge is 0.478 e. The number of allylic oxidation sites excluding steroid dienone is 1. The van der Waals surface area contributed by atoms with Crippen LogP contribution in [0.15, 0.2) is 24.4 Å². The fourth-order valence-electron chi connectivity index (χ4n) is 4.29. The predicted molar refractivity (Wildman–Crippen MR) is 114 cm³/mol. The molecule has 1 fully saturated rings. The van der Waals surface area contributed by atoms with Crippen molar-refractivity contribution in [3.8, 4) is 0 Å². The van der Waals surface area contributed by atoms with Crippen molar-refractivity contribution in [1.29, 1.82) is 5.41 Å². The van der Waals surface area contributed by atoms with Gasteiger partial charge < -0.3 is 25.6 Å². The number of aromatic carboxylic acids is 1. The number of nitrogens with one attached hydrogen (secondary N) is 1. The summed E-state index contributed by atoms with van der Waals surface area (Å²) < 4.78 is 39.9. The molecule has 31 heavy (non-hydrogen) atoms. The zero-order valence-corrected chi connectivity index (χ0v) is 17.4. The molecule has 3 heterocycles. The minimum absolute atomic E-state index is 0.0317. The number of nitrogens with zero attached hydrogens (tertiary/aromatic N) is 3. The lowest BCUT2D eigenvalue weighted by molar-refractivity contribution is -0.147. The molecular weight excluding hydrogens is 411 g/mol. The average Bonchev–Trinajstić information content (AvgIpc) is 3.10. The smallest absolute Gasteiger partial charge is 0.401 e. The molecule has 1 saturated heterocycles. The van der Waals surface area contributed by atoms with Crippen molar-refractivity contribution in [2.45, 2.75) is 32.0 Å². The molecular formula is C21H26F3N5O2. The lowest BCUT2D eigenvalue weighted by Gasteiger charge is -2.38. The van der Waals surface area contributed by atoms with Gasteiger partial charge in [-0.1, -0.05) is 0 Å². The minimum atomic E-state index is -4.22. The highest BCUT2D eigenvalue weighted by molar-refractivity contribution is 5.95. The van der Waals surface area contributed by atoms with Crippen LogP contribution in [0.25, 0.3) is 11.2 Å². The second-order valence-corrected chi connectivity index (χ2v) is 7.82. The molecule has 168 valence electrons. The van der Waals surface area contributed by atoms with Crippen LogP contribution in [-0.4, -0.2) is 65.5 Å². The van der Waals surface area contributed by atoms with E-state index in [4.69, 9.17) is 11.1 Å². The van der Waals surface area contributed by atoms with E-state index in [2.05, 4.69) is 0 Å².